The van der Waals surface area contributed by atoms with Crippen molar-refractivity contribution in [1.29, 1.82) is 0 Å². The molecule has 0 aromatic heterocycles. The van der Waals surface area contributed by atoms with Crippen molar-refractivity contribution in [2.45, 2.75) is 26.1 Å². The Balaban J connectivity index is 2.33. The smallest absolute Gasteiger partial charge is 0.489 e. The summed E-state index contributed by atoms with van der Waals surface area (Å²) in [5.74, 6) is 0.0103. The molecule has 0 heterocycles. The molecule has 26 heavy (non-hydrogen) atoms. The second-order valence-corrected chi connectivity index (χ2v) is 5.64. The molecule has 0 radical (unpaired) electrons. The SMILES string of the molecule is CCc1ccc(OCc2c(OC(=O)OC)cccc2C(F)(F)F)cc1Cl. The summed E-state index contributed by atoms with van der Waals surface area (Å²) in [5.41, 5.74) is -0.388. The van der Waals surface area contributed by atoms with E-state index in [0.29, 0.717) is 17.2 Å². The number of alkyl halides is 3. The third-order valence-electron chi connectivity index (χ3n) is 3.59. The fraction of sp³-hybridized carbons (Fsp3) is 0.278. The molecular formula is C18H16ClF3O4. The van der Waals surface area contributed by atoms with Crippen LogP contribution in [-0.4, -0.2) is 13.3 Å². The van der Waals surface area contributed by atoms with Crippen molar-refractivity contribution in [3.05, 3.63) is 58.1 Å². The van der Waals surface area contributed by atoms with Crippen LogP contribution in [0.4, 0.5) is 18.0 Å². The van der Waals surface area contributed by atoms with Gasteiger partial charge in [-0.05, 0) is 36.2 Å². The summed E-state index contributed by atoms with van der Waals surface area (Å²) < 4.78 is 54.5. The molecule has 0 aliphatic carbocycles. The van der Waals surface area contributed by atoms with Gasteiger partial charge in [0.1, 0.15) is 18.1 Å². The largest absolute Gasteiger partial charge is 0.513 e. The molecule has 0 amide bonds. The lowest BCUT2D eigenvalue weighted by molar-refractivity contribution is -0.138. The van der Waals surface area contributed by atoms with Gasteiger partial charge in [-0.15, -0.1) is 0 Å². The Kier molecular flexibility index (Phi) is 6.37. The van der Waals surface area contributed by atoms with E-state index in [1.807, 2.05) is 6.92 Å². The Morgan fingerprint density at radius 1 is 1.19 bits per heavy atom. The van der Waals surface area contributed by atoms with Crippen LogP contribution in [0.5, 0.6) is 11.5 Å². The van der Waals surface area contributed by atoms with E-state index in [2.05, 4.69) is 4.74 Å². The summed E-state index contributed by atoms with van der Waals surface area (Å²) in [6.07, 6.45) is -5.05. The zero-order chi connectivity index (χ0) is 19.3. The minimum absolute atomic E-state index is 0.289. The second-order valence-electron chi connectivity index (χ2n) is 5.23. The van der Waals surface area contributed by atoms with Crippen LogP contribution in [0.25, 0.3) is 0 Å². The molecule has 0 saturated heterocycles. The van der Waals surface area contributed by atoms with Gasteiger partial charge in [0.05, 0.1) is 12.7 Å². The van der Waals surface area contributed by atoms with E-state index in [-0.39, 0.29) is 11.3 Å². The molecule has 0 unspecified atom stereocenters. The molecule has 4 nitrogen and oxygen atoms in total. The average Bonchev–Trinajstić information content (AvgIpc) is 2.59. The average molecular weight is 389 g/mol. The predicted molar refractivity (Wildman–Crippen MR) is 89.6 cm³/mol. The van der Waals surface area contributed by atoms with Crippen molar-refractivity contribution in [3.63, 3.8) is 0 Å². The summed E-state index contributed by atoms with van der Waals surface area (Å²) >= 11 is 6.09. The molecule has 2 aromatic carbocycles. The third kappa shape index (κ3) is 4.82. The first-order valence-electron chi connectivity index (χ1n) is 7.62. The highest BCUT2D eigenvalue weighted by Crippen LogP contribution is 2.37. The monoisotopic (exact) mass is 388 g/mol. The topological polar surface area (TPSA) is 44.8 Å². The maximum Gasteiger partial charge on any atom is 0.513 e. The fourth-order valence-electron chi connectivity index (χ4n) is 2.27. The van der Waals surface area contributed by atoms with Crippen LogP contribution in [0.3, 0.4) is 0 Å². The van der Waals surface area contributed by atoms with Gasteiger partial charge < -0.3 is 14.2 Å². The van der Waals surface area contributed by atoms with Crippen LogP contribution in [0.15, 0.2) is 36.4 Å². The second kappa shape index (κ2) is 8.31. The fourth-order valence-corrected chi connectivity index (χ4v) is 2.57. The summed E-state index contributed by atoms with van der Waals surface area (Å²) in [6, 6.07) is 8.13. The van der Waals surface area contributed by atoms with Gasteiger partial charge in [0.15, 0.2) is 0 Å². The molecular weight excluding hydrogens is 373 g/mol. The van der Waals surface area contributed by atoms with Crippen molar-refractivity contribution in [1.82, 2.24) is 0 Å². The maximum absolute atomic E-state index is 13.3. The van der Waals surface area contributed by atoms with Gasteiger partial charge in [0, 0.05) is 10.6 Å². The molecule has 140 valence electrons. The lowest BCUT2D eigenvalue weighted by Gasteiger charge is -2.17. The quantitative estimate of drug-likeness (QED) is 0.490. The summed E-state index contributed by atoms with van der Waals surface area (Å²) in [5, 5.41) is 0.458. The Bertz CT molecular complexity index is 790. The number of benzene rings is 2. The van der Waals surface area contributed by atoms with E-state index in [0.717, 1.165) is 24.8 Å². The van der Waals surface area contributed by atoms with Gasteiger partial charge >= 0.3 is 12.3 Å². The van der Waals surface area contributed by atoms with E-state index in [4.69, 9.17) is 21.1 Å². The highest BCUT2D eigenvalue weighted by Gasteiger charge is 2.35. The van der Waals surface area contributed by atoms with Crippen molar-refractivity contribution < 1.29 is 32.2 Å². The molecule has 2 rings (SSSR count). The van der Waals surface area contributed by atoms with Gasteiger partial charge in [-0.2, -0.15) is 13.2 Å². The van der Waals surface area contributed by atoms with Gasteiger partial charge in [0.2, 0.25) is 0 Å². The molecule has 0 atom stereocenters. The number of carbonyl (C=O) groups is 1. The number of hydrogen-bond acceptors (Lipinski definition) is 4. The number of rotatable bonds is 5. The summed E-state index contributed by atoms with van der Waals surface area (Å²) in [4.78, 5) is 11.3. The molecule has 0 aliphatic heterocycles. The van der Waals surface area contributed by atoms with E-state index >= 15 is 0 Å². The van der Waals surface area contributed by atoms with Crippen molar-refractivity contribution in [3.8, 4) is 11.5 Å². The first kappa shape index (κ1) is 19.9. The van der Waals surface area contributed by atoms with Crippen molar-refractivity contribution in [2.24, 2.45) is 0 Å². The lowest BCUT2D eigenvalue weighted by Crippen LogP contribution is -2.15. The maximum atomic E-state index is 13.3. The highest BCUT2D eigenvalue weighted by atomic mass is 35.5. The number of hydrogen-bond donors (Lipinski definition) is 0. The molecule has 0 spiro atoms. The number of carbonyl (C=O) groups excluding carboxylic acids is 1. The Morgan fingerprint density at radius 3 is 2.50 bits per heavy atom. The third-order valence-corrected chi connectivity index (χ3v) is 3.94. The number of ether oxygens (including phenoxy) is 3. The minimum Gasteiger partial charge on any atom is -0.489 e. The number of halogens is 4. The first-order valence-corrected chi connectivity index (χ1v) is 8.00. The molecule has 0 saturated carbocycles. The van der Waals surface area contributed by atoms with E-state index in [1.54, 1.807) is 12.1 Å². The van der Waals surface area contributed by atoms with Crippen molar-refractivity contribution >= 4 is 17.8 Å². The molecule has 0 bridgehead atoms. The standard InChI is InChI=1S/C18H16ClF3O4/c1-3-11-7-8-12(9-15(11)19)25-10-13-14(18(20,21)22)5-4-6-16(13)26-17(23)24-2/h4-9H,3,10H2,1-2H3. The Hall–Kier alpha value is -2.41. The molecule has 0 fully saturated rings. The summed E-state index contributed by atoms with van der Waals surface area (Å²) in [7, 11) is 1.06. The molecule has 8 heteroatoms. The highest BCUT2D eigenvalue weighted by molar-refractivity contribution is 6.31. The Labute approximate surface area is 153 Å². The van der Waals surface area contributed by atoms with Gasteiger partial charge in [-0.25, -0.2) is 4.79 Å². The molecule has 2 aromatic rings. The normalized spacial score (nSPS) is 11.2. The van der Waals surface area contributed by atoms with Crippen molar-refractivity contribution in [2.75, 3.05) is 7.11 Å². The van der Waals surface area contributed by atoms with Crippen LogP contribution in [0, 0.1) is 0 Å². The Morgan fingerprint density at radius 2 is 1.92 bits per heavy atom. The van der Waals surface area contributed by atoms with Crippen LogP contribution < -0.4 is 9.47 Å². The van der Waals surface area contributed by atoms with Crippen LogP contribution in [0.1, 0.15) is 23.6 Å². The van der Waals surface area contributed by atoms with Gasteiger partial charge in [0.25, 0.3) is 0 Å². The zero-order valence-electron chi connectivity index (χ0n) is 14.0. The zero-order valence-corrected chi connectivity index (χ0v) is 14.8. The van der Waals surface area contributed by atoms with Crippen LogP contribution in [0.2, 0.25) is 5.02 Å². The van der Waals surface area contributed by atoms with Gasteiger partial charge in [-0.3, -0.25) is 0 Å². The molecule has 0 aliphatic rings. The van der Waals surface area contributed by atoms with E-state index in [9.17, 15) is 18.0 Å². The van der Waals surface area contributed by atoms with Gasteiger partial charge in [-0.1, -0.05) is 30.7 Å². The number of aryl methyl sites for hydroxylation is 1. The van der Waals surface area contributed by atoms with Crippen LogP contribution in [-0.2, 0) is 23.9 Å². The summed E-state index contributed by atoms with van der Waals surface area (Å²) in [6.45, 7) is 1.46. The lowest BCUT2D eigenvalue weighted by atomic mass is 10.1. The van der Waals surface area contributed by atoms with Crippen LogP contribution >= 0.6 is 11.6 Å². The predicted octanol–water partition coefficient (Wildman–Crippen LogP) is 5.65. The minimum atomic E-state index is -4.64. The molecule has 0 N–H and O–H groups in total. The van der Waals surface area contributed by atoms with E-state index < -0.39 is 24.5 Å². The van der Waals surface area contributed by atoms with E-state index in [1.165, 1.54) is 12.1 Å². The number of methoxy groups -OCH3 is 1. The first-order chi connectivity index (χ1) is 12.3.